The zero-order valence-electron chi connectivity index (χ0n) is 13.6. The highest BCUT2D eigenvalue weighted by molar-refractivity contribution is 5.87. The van der Waals surface area contributed by atoms with E-state index in [9.17, 15) is 5.11 Å². The molecular weight excluding hydrogens is 276 g/mol. The Morgan fingerprint density at radius 1 is 1.32 bits per heavy atom. The van der Waals surface area contributed by atoms with Gasteiger partial charge >= 0.3 is 0 Å². The molecule has 1 aromatic carbocycles. The SMILES string of the molecule is CCCC(O)(C#Cc1cccc(C(N)C(C)=NO)c1)CCC. The molecule has 0 bridgehead atoms. The van der Waals surface area contributed by atoms with Crippen molar-refractivity contribution in [3.05, 3.63) is 35.4 Å². The standard InChI is InChI=1S/C18H26N2O2/c1-4-10-18(21,11-5-2)12-9-15-7-6-8-16(13-15)17(19)14(3)20-22/h6-8,13,17,21-22H,4-5,10-11,19H2,1-3H3. The van der Waals surface area contributed by atoms with E-state index >= 15 is 0 Å². The van der Waals surface area contributed by atoms with Gasteiger partial charge in [-0.05, 0) is 37.5 Å². The van der Waals surface area contributed by atoms with Crippen molar-refractivity contribution in [2.45, 2.75) is 58.1 Å². The molecule has 0 aliphatic carbocycles. The number of hydrogen-bond donors (Lipinski definition) is 3. The molecule has 4 heteroatoms. The predicted octanol–water partition coefficient (Wildman–Crippen LogP) is 3.22. The zero-order chi connectivity index (χ0) is 16.6. The second kappa shape index (κ2) is 8.57. The molecule has 0 fully saturated rings. The molecule has 4 N–H and O–H groups in total. The third-order valence-corrected chi connectivity index (χ3v) is 3.62. The fraction of sp³-hybridized carbons (Fsp3) is 0.500. The van der Waals surface area contributed by atoms with Gasteiger partial charge in [0.25, 0.3) is 0 Å². The van der Waals surface area contributed by atoms with Crippen LogP contribution in [0.15, 0.2) is 29.4 Å². The highest BCUT2D eigenvalue weighted by Gasteiger charge is 2.21. The van der Waals surface area contributed by atoms with Crippen molar-refractivity contribution < 1.29 is 10.3 Å². The highest BCUT2D eigenvalue weighted by Crippen LogP contribution is 2.19. The van der Waals surface area contributed by atoms with Crippen LogP contribution < -0.4 is 5.73 Å². The molecule has 0 saturated heterocycles. The maximum Gasteiger partial charge on any atom is 0.125 e. The summed E-state index contributed by atoms with van der Waals surface area (Å²) in [5, 5.41) is 22.5. The topological polar surface area (TPSA) is 78.8 Å². The first-order chi connectivity index (χ1) is 10.5. The van der Waals surface area contributed by atoms with Crippen LogP contribution in [0.1, 0.15) is 63.6 Å². The zero-order valence-corrected chi connectivity index (χ0v) is 13.6. The molecule has 1 atom stereocenters. The molecule has 0 aliphatic heterocycles. The van der Waals surface area contributed by atoms with E-state index in [0.29, 0.717) is 18.6 Å². The van der Waals surface area contributed by atoms with Crippen LogP contribution in [-0.4, -0.2) is 21.6 Å². The molecule has 1 unspecified atom stereocenters. The maximum absolute atomic E-state index is 10.5. The van der Waals surface area contributed by atoms with E-state index in [1.165, 1.54) is 0 Å². The van der Waals surface area contributed by atoms with E-state index in [4.69, 9.17) is 10.9 Å². The van der Waals surface area contributed by atoms with Crippen LogP contribution in [0.4, 0.5) is 0 Å². The first-order valence-electron chi connectivity index (χ1n) is 7.75. The lowest BCUT2D eigenvalue weighted by Crippen LogP contribution is -2.25. The number of hydrogen-bond acceptors (Lipinski definition) is 4. The van der Waals surface area contributed by atoms with Crippen molar-refractivity contribution >= 4 is 5.71 Å². The molecule has 0 aromatic heterocycles. The van der Waals surface area contributed by atoms with Gasteiger partial charge in [-0.15, -0.1) is 0 Å². The summed E-state index contributed by atoms with van der Waals surface area (Å²) in [5.74, 6) is 6.06. The third-order valence-electron chi connectivity index (χ3n) is 3.62. The number of nitrogens with two attached hydrogens (primary N) is 1. The number of aliphatic hydroxyl groups is 1. The average Bonchev–Trinajstić information content (AvgIpc) is 2.52. The fourth-order valence-electron chi connectivity index (χ4n) is 2.38. The van der Waals surface area contributed by atoms with E-state index in [0.717, 1.165) is 24.0 Å². The van der Waals surface area contributed by atoms with E-state index in [1.807, 2.05) is 38.1 Å². The van der Waals surface area contributed by atoms with Gasteiger partial charge in [0.2, 0.25) is 0 Å². The van der Waals surface area contributed by atoms with Gasteiger partial charge < -0.3 is 16.0 Å². The molecular formula is C18H26N2O2. The maximum atomic E-state index is 10.5. The fourth-order valence-corrected chi connectivity index (χ4v) is 2.38. The molecule has 0 radical (unpaired) electrons. The molecule has 120 valence electrons. The van der Waals surface area contributed by atoms with Gasteiger partial charge in [-0.3, -0.25) is 0 Å². The van der Waals surface area contributed by atoms with E-state index in [2.05, 4.69) is 17.0 Å². The van der Waals surface area contributed by atoms with Crippen LogP contribution in [-0.2, 0) is 0 Å². The van der Waals surface area contributed by atoms with Gasteiger partial charge in [0.05, 0.1) is 11.8 Å². The summed E-state index contributed by atoms with van der Waals surface area (Å²) in [6.07, 6.45) is 3.12. The van der Waals surface area contributed by atoms with Crippen LogP contribution in [0.3, 0.4) is 0 Å². The number of rotatable bonds is 6. The molecule has 0 spiro atoms. The van der Waals surface area contributed by atoms with Crippen LogP contribution in [0.2, 0.25) is 0 Å². The summed E-state index contributed by atoms with van der Waals surface area (Å²) in [4.78, 5) is 0. The van der Waals surface area contributed by atoms with Crippen LogP contribution in [0, 0.1) is 11.8 Å². The van der Waals surface area contributed by atoms with E-state index in [1.54, 1.807) is 6.92 Å². The molecule has 0 saturated carbocycles. The quantitative estimate of drug-likeness (QED) is 0.327. The Labute approximate surface area is 133 Å². The molecule has 1 aromatic rings. The van der Waals surface area contributed by atoms with E-state index in [-0.39, 0.29) is 0 Å². The molecule has 0 aliphatic rings. The minimum Gasteiger partial charge on any atom is -0.411 e. The first kappa shape index (κ1) is 18.2. The number of benzene rings is 1. The lowest BCUT2D eigenvalue weighted by molar-refractivity contribution is 0.0807. The van der Waals surface area contributed by atoms with Crippen molar-refractivity contribution in [2.24, 2.45) is 10.9 Å². The molecule has 1 rings (SSSR count). The molecule has 0 heterocycles. The van der Waals surface area contributed by atoms with Gasteiger partial charge in [-0.1, -0.05) is 55.8 Å². The Morgan fingerprint density at radius 3 is 2.50 bits per heavy atom. The van der Waals surface area contributed by atoms with Crippen LogP contribution in [0.5, 0.6) is 0 Å². The van der Waals surface area contributed by atoms with Crippen molar-refractivity contribution in [2.75, 3.05) is 0 Å². The van der Waals surface area contributed by atoms with Gasteiger partial charge in [-0.2, -0.15) is 0 Å². The van der Waals surface area contributed by atoms with Crippen LogP contribution >= 0.6 is 0 Å². The predicted molar refractivity (Wildman–Crippen MR) is 89.9 cm³/mol. The van der Waals surface area contributed by atoms with Gasteiger partial charge in [0.15, 0.2) is 0 Å². The Hall–Kier alpha value is -1.83. The third kappa shape index (κ3) is 5.18. The minimum atomic E-state index is -0.926. The summed E-state index contributed by atoms with van der Waals surface area (Å²) in [6.45, 7) is 5.75. The van der Waals surface area contributed by atoms with Crippen molar-refractivity contribution in [3.63, 3.8) is 0 Å². The molecule has 22 heavy (non-hydrogen) atoms. The molecule has 4 nitrogen and oxygen atoms in total. The summed E-state index contributed by atoms with van der Waals surface area (Å²) < 4.78 is 0. The first-order valence-corrected chi connectivity index (χ1v) is 7.75. The number of oxime groups is 1. The Morgan fingerprint density at radius 2 is 1.95 bits per heavy atom. The second-order valence-corrected chi connectivity index (χ2v) is 5.63. The normalized spacial score (nSPS) is 13.4. The van der Waals surface area contributed by atoms with Crippen LogP contribution in [0.25, 0.3) is 0 Å². The van der Waals surface area contributed by atoms with Crippen molar-refractivity contribution in [1.82, 2.24) is 0 Å². The number of nitrogens with zero attached hydrogens (tertiary/aromatic N) is 1. The smallest absolute Gasteiger partial charge is 0.125 e. The van der Waals surface area contributed by atoms with Gasteiger partial charge in [-0.25, -0.2) is 0 Å². The van der Waals surface area contributed by atoms with Gasteiger partial charge in [0, 0.05) is 5.56 Å². The second-order valence-electron chi connectivity index (χ2n) is 5.63. The van der Waals surface area contributed by atoms with Crippen molar-refractivity contribution in [3.8, 4) is 11.8 Å². The Bertz CT molecular complexity index is 564. The summed E-state index contributed by atoms with van der Waals surface area (Å²) in [6, 6.07) is 7.02. The summed E-state index contributed by atoms with van der Waals surface area (Å²) >= 11 is 0. The summed E-state index contributed by atoms with van der Waals surface area (Å²) in [7, 11) is 0. The lowest BCUT2D eigenvalue weighted by atomic mass is 9.93. The minimum absolute atomic E-state index is 0.443. The monoisotopic (exact) mass is 302 g/mol. The molecule has 0 amide bonds. The summed E-state index contributed by atoms with van der Waals surface area (Å²) in [5.41, 5.74) is 7.15. The lowest BCUT2D eigenvalue weighted by Gasteiger charge is -2.20. The Balaban J connectivity index is 3.02. The van der Waals surface area contributed by atoms with Gasteiger partial charge in [0.1, 0.15) is 5.60 Å². The van der Waals surface area contributed by atoms with Crippen molar-refractivity contribution in [1.29, 1.82) is 0 Å². The largest absolute Gasteiger partial charge is 0.411 e. The Kier molecular flexibility index (Phi) is 7.10. The average molecular weight is 302 g/mol. The highest BCUT2D eigenvalue weighted by atomic mass is 16.4. The van der Waals surface area contributed by atoms with E-state index < -0.39 is 11.6 Å².